The Bertz CT molecular complexity index is 401. The van der Waals surface area contributed by atoms with Crippen LogP contribution >= 0.6 is 0 Å². The summed E-state index contributed by atoms with van der Waals surface area (Å²) in [7, 11) is 0. The fourth-order valence-electron chi connectivity index (χ4n) is 1.93. The second kappa shape index (κ2) is 3.44. The molecule has 80 valence electrons. The predicted molar refractivity (Wildman–Crippen MR) is 60.0 cm³/mol. The molecule has 0 radical (unpaired) electrons. The minimum atomic E-state index is -0.333. The highest BCUT2D eigenvalue weighted by Gasteiger charge is 2.25. The Kier molecular flexibility index (Phi) is 2.37. The lowest BCUT2D eigenvalue weighted by atomic mass is 9.88. The normalized spacial score (nSPS) is 15.1. The van der Waals surface area contributed by atoms with Crippen molar-refractivity contribution >= 4 is 5.78 Å². The molecule has 0 saturated carbocycles. The average molecular weight is 203 g/mol. The van der Waals surface area contributed by atoms with E-state index in [1.807, 2.05) is 26.8 Å². The molecule has 0 saturated heterocycles. The maximum Gasteiger partial charge on any atom is 0.186 e. The van der Waals surface area contributed by atoms with E-state index in [0.29, 0.717) is 5.69 Å². The quantitative estimate of drug-likeness (QED) is 0.657. The molecule has 2 heteroatoms. The van der Waals surface area contributed by atoms with Crippen molar-refractivity contribution in [2.24, 2.45) is 5.41 Å². The number of nitrogens with zero attached hydrogens (tertiary/aromatic N) is 1. The number of ketones is 1. The summed E-state index contributed by atoms with van der Waals surface area (Å²) in [5, 5.41) is 0. The average Bonchev–Trinajstić information content (AvgIpc) is 2.61. The lowest BCUT2D eigenvalue weighted by Crippen LogP contribution is -2.21. The van der Waals surface area contributed by atoms with E-state index in [-0.39, 0.29) is 11.2 Å². The number of pyridine rings is 1. The molecule has 1 aliphatic carbocycles. The van der Waals surface area contributed by atoms with Gasteiger partial charge in [0.25, 0.3) is 0 Å². The number of hydrogen-bond donors (Lipinski definition) is 0. The van der Waals surface area contributed by atoms with Gasteiger partial charge < -0.3 is 0 Å². The van der Waals surface area contributed by atoms with Crippen LogP contribution in [0.4, 0.5) is 0 Å². The largest absolute Gasteiger partial charge is 0.292 e. The van der Waals surface area contributed by atoms with Gasteiger partial charge in [-0.05, 0) is 30.9 Å². The van der Waals surface area contributed by atoms with Gasteiger partial charge in [0.05, 0.1) is 0 Å². The third kappa shape index (κ3) is 1.94. The zero-order chi connectivity index (χ0) is 11.1. The van der Waals surface area contributed by atoms with Gasteiger partial charge in [-0.3, -0.25) is 4.79 Å². The van der Waals surface area contributed by atoms with Gasteiger partial charge >= 0.3 is 0 Å². The molecule has 2 nitrogen and oxygen atoms in total. The van der Waals surface area contributed by atoms with Crippen LogP contribution in [0.15, 0.2) is 12.1 Å². The molecule has 2 rings (SSSR count). The molecule has 1 aromatic heterocycles. The maximum absolute atomic E-state index is 12.0. The smallest absolute Gasteiger partial charge is 0.186 e. The van der Waals surface area contributed by atoms with E-state index >= 15 is 0 Å². The first kappa shape index (κ1) is 10.3. The van der Waals surface area contributed by atoms with Crippen molar-refractivity contribution in [3.8, 4) is 0 Å². The van der Waals surface area contributed by atoms with Crippen LogP contribution in [0, 0.1) is 5.41 Å². The van der Waals surface area contributed by atoms with E-state index < -0.39 is 0 Å². The lowest BCUT2D eigenvalue weighted by molar-refractivity contribution is 0.0852. The van der Waals surface area contributed by atoms with Gasteiger partial charge in [0.15, 0.2) is 5.78 Å². The van der Waals surface area contributed by atoms with Crippen LogP contribution in [-0.4, -0.2) is 10.8 Å². The van der Waals surface area contributed by atoms with Crippen molar-refractivity contribution in [1.29, 1.82) is 0 Å². The topological polar surface area (TPSA) is 30.0 Å². The van der Waals surface area contributed by atoms with Crippen molar-refractivity contribution in [2.75, 3.05) is 0 Å². The molecule has 1 aliphatic rings. The van der Waals surface area contributed by atoms with E-state index in [2.05, 4.69) is 11.1 Å². The number of fused-ring (bicyclic) bond motifs is 1. The Labute approximate surface area is 90.7 Å². The number of Topliss-reactive ketones (excluding diaryl/α,β-unsaturated/α-hetero) is 1. The van der Waals surface area contributed by atoms with Crippen molar-refractivity contribution in [3.05, 3.63) is 29.1 Å². The summed E-state index contributed by atoms with van der Waals surface area (Å²) in [6.07, 6.45) is 3.32. The highest BCUT2D eigenvalue weighted by atomic mass is 16.1. The van der Waals surface area contributed by atoms with Gasteiger partial charge in [-0.2, -0.15) is 0 Å². The monoisotopic (exact) mass is 203 g/mol. The molecule has 0 fully saturated rings. The van der Waals surface area contributed by atoms with Crippen LogP contribution in [-0.2, 0) is 12.8 Å². The summed E-state index contributed by atoms with van der Waals surface area (Å²) in [4.78, 5) is 16.5. The minimum Gasteiger partial charge on any atom is -0.292 e. The highest BCUT2D eigenvalue weighted by molar-refractivity contribution is 5.98. The molecule has 1 aromatic rings. The summed E-state index contributed by atoms with van der Waals surface area (Å²) in [6, 6.07) is 3.94. The fourth-order valence-corrected chi connectivity index (χ4v) is 1.93. The molecule has 0 atom stereocenters. The third-order valence-electron chi connectivity index (χ3n) is 2.84. The summed E-state index contributed by atoms with van der Waals surface area (Å²) in [5.74, 6) is 0.136. The summed E-state index contributed by atoms with van der Waals surface area (Å²) < 4.78 is 0. The number of rotatable bonds is 1. The Hall–Kier alpha value is -1.18. The van der Waals surface area contributed by atoms with Crippen LogP contribution in [0.5, 0.6) is 0 Å². The second-order valence-corrected chi connectivity index (χ2v) is 5.23. The first-order valence-electron chi connectivity index (χ1n) is 5.52. The Morgan fingerprint density at radius 2 is 2.00 bits per heavy atom. The van der Waals surface area contributed by atoms with Crippen molar-refractivity contribution < 1.29 is 4.79 Å². The second-order valence-electron chi connectivity index (χ2n) is 5.23. The molecule has 15 heavy (non-hydrogen) atoms. The van der Waals surface area contributed by atoms with E-state index in [1.165, 1.54) is 12.0 Å². The van der Waals surface area contributed by atoms with Crippen LogP contribution in [0.2, 0.25) is 0 Å². The molecule has 0 spiro atoms. The number of carbonyl (C=O) groups is 1. The van der Waals surface area contributed by atoms with Crippen LogP contribution in [0.1, 0.15) is 48.9 Å². The summed E-state index contributed by atoms with van der Waals surface area (Å²) in [6.45, 7) is 5.80. The van der Waals surface area contributed by atoms with Crippen molar-refractivity contribution in [1.82, 2.24) is 4.98 Å². The Balaban J connectivity index is 2.35. The van der Waals surface area contributed by atoms with E-state index in [4.69, 9.17) is 0 Å². The molecule has 0 aliphatic heterocycles. The highest BCUT2D eigenvalue weighted by Crippen LogP contribution is 2.24. The molecule has 0 aromatic carbocycles. The van der Waals surface area contributed by atoms with Crippen molar-refractivity contribution in [2.45, 2.75) is 40.0 Å². The van der Waals surface area contributed by atoms with Crippen LogP contribution in [0.3, 0.4) is 0 Å². The molecular formula is C13H17NO. The zero-order valence-electron chi connectivity index (χ0n) is 9.63. The van der Waals surface area contributed by atoms with Crippen molar-refractivity contribution in [3.63, 3.8) is 0 Å². The van der Waals surface area contributed by atoms with Gasteiger partial charge in [0.1, 0.15) is 5.69 Å². The van der Waals surface area contributed by atoms with Crippen LogP contribution in [0.25, 0.3) is 0 Å². The lowest BCUT2D eigenvalue weighted by Gasteiger charge is -2.16. The van der Waals surface area contributed by atoms with Gasteiger partial charge in [0.2, 0.25) is 0 Å². The molecule has 0 N–H and O–H groups in total. The minimum absolute atomic E-state index is 0.136. The number of aryl methyl sites for hydroxylation is 2. The van der Waals surface area contributed by atoms with Gasteiger partial charge in [-0.15, -0.1) is 0 Å². The first-order valence-corrected chi connectivity index (χ1v) is 5.52. The third-order valence-corrected chi connectivity index (χ3v) is 2.84. The van der Waals surface area contributed by atoms with Gasteiger partial charge in [0, 0.05) is 11.1 Å². The SMILES string of the molecule is CC(C)(C)C(=O)c1ccc2c(n1)CCC2. The maximum atomic E-state index is 12.0. The zero-order valence-corrected chi connectivity index (χ0v) is 9.63. The Morgan fingerprint density at radius 3 is 2.67 bits per heavy atom. The molecule has 0 amide bonds. The number of hydrogen-bond acceptors (Lipinski definition) is 2. The molecule has 0 unspecified atom stereocenters. The van der Waals surface area contributed by atoms with Gasteiger partial charge in [-0.1, -0.05) is 26.8 Å². The molecule has 0 bridgehead atoms. The molecule has 1 heterocycles. The fraction of sp³-hybridized carbons (Fsp3) is 0.538. The number of carbonyl (C=O) groups excluding carboxylic acids is 1. The predicted octanol–water partition coefficient (Wildman–Crippen LogP) is 2.80. The van der Waals surface area contributed by atoms with Crippen LogP contribution < -0.4 is 0 Å². The summed E-state index contributed by atoms with van der Waals surface area (Å²) in [5.41, 5.74) is 2.74. The van der Waals surface area contributed by atoms with Gasteiger partial charge in [-0.25, -0.2) is 4.98 Å². The van der Waals surface area contributed by atoms with E-state index in [1.54, 1.807) is 0 Å². The Morgan fingerprint density at radius 1 is 1.27 bits per heavy atom. The summed E-state index contributed by atoms with van der Waals surface area (Å²) >= 11 is 0. The first-order chi connectivity index (χ1) is 6.98. The molecular weight excluding hydrogens is 186 g/mol. The van der Waals surface area contributed by atoms with E-state index in [9.17, 15) is 4.79 Å². The van der Waals surface area contributed by atoms with E-state index in [0.717, 1.165) is 18.5 Å². The standard InChI is InChI=1S/C13H17NO/c1-13(2,3)12(15)11-8-7-9-5-4-6-10(9)14-11/h7-8H,4-6H2,1-3H3. The number of aromatic nitrogens is 1.